The zero-order chi connectivity index (χ0) is 8.27. The normalized spacial score (nSPS) is 9.36. The zero-order valence-corrected chi connectivity index (χ0v) is 6.68. The van der Waals surface area contributed by atoms with Gasteiger partial charge in [-0.3, -0.25) is 10.7 Å². The second-order valence-electron chi connectivity index (χ2n) is 2.45. The lowest BCUT2D eigenvalue weighted by Gasteiger charge is -2.04. The summed E-state index contributed by atoms with van der Waals surface area (Å²) >= 11 is 0. The number of nitrogens with one attached hydrogen (secondary N) is 2. The van der Waals surface area contributed by atoms with Crippen molar-refractivity contribution in [2.24, 2.45) is 0 Å². The lowest BCUT2D eigenvalue weighted by molar-refractivity contribution is 0.389. The van der Waals surface area contributed by atoms with Crippen LogP contribution in [0.5, 0.6) is 0 Å². The van der Waals surface area contributed by atoms with E-state index in [0.29, 0.717) is 5.69 Å². The van der Waals surface area contributed by atoms with Crippen LogP contribution in [0.1, 0.15) is 5.56 Å². The highest BCUT2D eigenvalue weighted by molar-refractivity contribution is 5.57. The van der Waals surface area contributed by atoms with Gasteiger partial charge in [-0.2, -0.15) is 0 Å². The van der Waals surface area contributed by atoms with Crippen LogP contribution in [-0.4, -0.2) is 12.3 Å². The van der Waals surface area contributed by atoms with Gasteiger partial charge in [-0.1, -0.05) is 0 Å². The predicted octanol–water partition coefficient (Wildman–Crippen LogP) is 1.84. The number of anilines is 2. The first-order valence-electron chi connectivity index (χ1n) is 3.46. The maximum absolute atomic E-state index is 8.60. The molecule has 0 aliphatic heterocycles. The Balaban J connectivity index is 3.02. The molecule has 3 N–H and O–H groups in total. The highest BCUT2D eigenvalue weighted by atomic mass is 16.5. The summed E-state index contributed by atoms with van der Waals surface area (Å²) < 4.78 is 0. The van der Waals surface area contributed by atoms with Crippen molar-refractivity contribution in [1.29, 1.82) is 0 Å². The summed E-state index contributed by atoms with van der Waals surface area (Å²) in [5, 5.41) is 11.6. The number of hydrogen-bond acceptors (Lipinski definition) is 3. The molecule has 0 aromatic heterocycles. The smallest absolute Gasteiger partial charge is 0.0625 e. The largest absolute Gasteiger partial charge is 0.388 e. The highest BCUT2D eigenvalue weighted by Gasteiger charge is 1.94. The third kappa shape index (κ3) is 1.85. The van der Waals surface area contributed by atoms with E-state index in [0.717, 1.165) is 11.3 Å². The van der Waals surface area contributed by atoms with Gasteiger partial charge in [-0.25, -0.2) is 0 Å². The molecule has 1 rings (SSSR count). The van der Waals surface area contributed by atoms with Crippen LogP contribution >= 0.6 is 0 Å². The molecule has 3 heteroatoms. The van der Waals surface area contributed by atoms with Gasteiger partial charge in [0.25, 0.3) is 0 Å². The molecule has 1 aromatic carbocycles. The van der Waals surface area contributed by atoms with Crippen molar-refractivity contribution in [1.82, 2.24) is 0 Å². The molecule has 1 aromatic rings. The second kappa shape index (κ2) is 3.25. The summed E-state index contributed by atoms with van der Waals surface area (Å²) in [4.78, 5) is 0. The summed E-state index contributed by atoms with van der Waals surface area (Å²) in [6.45, 7) is 1.97. The Morgan fingerprint density at radius 3 is 2.36 bits per heavy atom. The first-order chi connectivity index (χ1) is 5.26. The van der Waals surface area contributed by atoms with Crippen LogP contribution < -0.4 is 10.8 Å². The van der Waals surface area contributed by atoms with Crippen LogP contribution in [0.25, 0.3) is 0 Å². The Morgan fingerprint density at radius 1 is 1.18 bits per heavy atom. The van der Waals surface area contributed by atoms with Crippen LogP contribution in [0, 0.1) is 6.92 Å². The standard InChI is InChI=1S/C8H12N2O/c1-6-3-7(9-2)5-8(4-6)10-11/h3-5,9-11H,1-2H3. The molecule has 0 saturated heterocycles. The van der Waals surface area contributed by atoms with Crippen LogP contribution in [0.4, 0.5) is 11.4 Å². The monoisotopic (exact) mass is 152 g/mol. The number of benzene rings is 1. The van der Waals surface area contributed by atoms with Crippen LogP contribution in [-0.2, 0) is 0 Å². The molecular weight excluding hydrogens is 140 g/mol. The van der Waals surface area contributed by atoms with E-state index < -0.39 is 0 Å². The molecule has 0 amide bonds. The summed E-state index contributed by atoms with van der Waals surface area (Å²) in [5.41, 5.74) is 4.90. The minimum absolute atomic E-state index is 0.703. The molecular formula is C8H12N2O. The molecule has 0 bridgehead atoms. The summed E-state index contributed by atoms with van der Waals surface area (Å²) in [6.07, 6.45) is 0. The Kier molecular flexibility index (Phi) is 2.33. The topological polar surface area (TPSA) is 44.3 Å². The van der Waals surface area contributed by atoms with E-state index in [1.807, 2.05) is 32.2 Å². The molecule has 0 atom stereocenters. The van der Waals surface area contributed by atoms with E-state index in [1.54, 1.807) is 0 Å². The second-order valence-corrected chi connectivity index (χ2v) is 2.45. The van der Waals surface area contributed by atoms with Crippen molar-refractivity contribution in [3.8, 4) is 0 Å². The van der Waals surface area contributed by atoms with Crippen LogP contribution in [0.15, 0.2) is 18.2 Å². The Morgan fingerprint density at radius 2 is 1.82 bits per heavy atom. The lowest BCUT2D eigenvalue weighted by atomic mass is 10.2. The number of aryl methyl sites for hydroxylation is 1. The molecule has 0 radical (unpaired) electrons. The fourth-order valence-electron chi connectivity index (χ4n) is 0.992. The number of rotatable bonds is 2. The van der Waals surface area contributed by atoms with Crippen molar-refractivity contribution in [2.75, 3.05) is 17.8 Å². The Hall–Kier alpha value is -1.22. The van der Waals surface area contributed by atoms with Crippen molar-refractivity contribution < 1.29 is 5.21 Å². The molecule has 0 aliphatic carbocycles. The third-order valence-electron chi connectivity index (χ3n) is 1.50. The lowest BCUT2D eigenvalue weighted by Crippen LogP contribution is -1.93. The molecule has 3 nitrogen and oxygen atoms in total. The fourth-order valence-corrected chi connectivity index (χ4v) is 0.992. The Bertz CT molecular complexity index is 226. The third-order valence-corrected chi connectivity index (χ3v) is 1.50. The van der Waals surface area contributed by atoms with Gasteiger partial charge in [0, 0.05) is 12.7 Å². The molecule has 0 unspecified atom stereocenters. The first-order valence-corrected chi connectivity index (χ1v) is 3.46. The molecule has 11 heavy (non-hydrogen) atoms. The molecule has 0 fully saturated rings. The van der Waals surface area contributed by atoms with E-state index in [-0.39, 0.29) is 0 Å². The maximum atomic E-state index is 8.60. The van der Waals surface area contributed by atoms with Crippen LogP contribution in [0.2, 0.25) is 0 Å². The van der Waals surface area contributed by atoms with Crippen molar-refractivity contribution in [2.45, 2.75) is 6.92 Å². The van der Waals surface area contributed by atoms with Crippen molar-refractivity contribution in [3.63, 3.8) is 0 Å². The fraction of sp³-hybridized carbons (Fsp3) is 0.250. The van der Waals surface area contributed by atoms with Gasteiger partial charge in [0.1, 0.15) is 0 Å². The van der Waals surface area contributed by atoms with Crippen molar-refractivity contribution in [3.05, 3.63) is 23.8 Å². The van der Waals surface area contributed by atoms with Crippen molar-refractivity contribution >= 4 is 11.4 Å². The maximum Gasteiger partial charge on any atom is 0.0625 e. The van der Waals surface area contributed by atoms with E-state index >= 15 is 0 Å². The van der Waals surface area contributed by atoms with E-state index in [4.69, 9.17) is 5.21 Å². The molecule has 0 heterocycles. The minimum Gasteiger partial charge on any atom is -0.388 e. The zero-order valence-electron chi connectivity index (χ0n) is 6.68. The SMILES string of the molecule is CNc1cc(C)cc(NO)c1. The van der Waals surface area contributed by atoms with Gasteiger partial charge >= 0.3 is 0 Å². The van der Waals surface area contributed by atoms with Gasteiger partial charge in [-0.15, -0.1) is 0 Å². The predicted molar refractivity (Wildman–Crippen MR) is 46.1 cm³/mol. The molecule has 0 aliphatic rings. The van der Waals surface area contributed by atoms with E-state index in [1.165, 1.54) is 0 Å². The quantitative estimate of drug-likeness (QED) is 0.566. The molecule has 0 spiro atoms. The van der Waals surface area contributed by atoms with Gasteiger partial charge < -0.3 is 5.32 Å². The van der Waals surface area contributed by atoms with Gasteiger partial charge in [0.15, 0.2) is 0 Å². The highest BCUT2D eigenvalue weighted by Crippen LogP contribution is 2.16. The van der Waals surface area contributed by atoms with E-state index in [2.05, 4.69) is 10.8 Å². The minimum atomic E-state index is 0.703. The van der Waals surface area contributed by atoms with Gasteiger partial charge in [0.05, 0.1) is 5.69 Å². The first kappa shape index (κ1) is 7.88. The average molecular weight is 152 g/mol. The summed E-state index contributed by atoms with van der Waals surface area (Å²) in [7, 11) is 1.84. The van der Waals surface area contributed by atoms with Gasteiger partial charge in [-0.05, 0) is 30.7 Å². The summed E-state index contributed by atoms with van der Waals surface area (Å²) in [5.74, 6) is 0. The van der Waals surface area contributed by atoms with E-state index in [9.17, 15) is 0 Å². The summed E-state index contributed by atoms with van der Waals surface area (Å²) in [6, 6.07) is 5.69. The Labute approximate surface area is 66.0 Å². The van der Waals surface area contributed by atoms with Gasteiger partial charge in [0.2, 0.25) is 0 Å². The van der Waals surface area contributed by atoms with Crippen LogP contribution in [0.3, 0.4) is 0 Å². The number of hydrogen-bond donors (Lipinski definition) is 3. The average Bonchev–Trinajstić information content (AvgIpc) is 2.03. The molecule has 60 valence electrons. The molecule has 0 saturated carbocycles.